The first kappa shape index (κ1) is 45.3. The van der Waals surface area contributed by atoms with Crippen LogP contribution in [0, 0.1) is 5.92 Å². The summed E-state index contributed by atoms with van der Waals surface area (Å²) < 4.78 is 0. The highest BCUT2D eigenvalue weighted by molar-refractivity contribution is 5.80. The van der Waals surface area contributed by atoms with Crippen LogP contribution in [0.1, 0.15) is 213 Å². The van der Waals surface area contributed by atoms with Gasteiger partial charge in [-0.3, -0.25) is 4.79 Å². The third kappa shape index (κ3) is 29.4. The van der Waals surface area contributed by atoms with Gasteiger partial charge in [-0.15, -0.1) is 0 Å². The summed E-state index contributed by atoms with van der Waals surface area (Å²) in [5.41, 5.74) is 0. The van der Waals surface area contributed by atoms with Gasteiger partial charge in [0.15, 0.2) is 0 Å². The number of carbonyl (C=O) groups is 1. The summed E-state index contributed by atoms with van der Waals surface area (Å²) in [6, 6.07) is -0.979. The molecule has 0 rings (SSSR count). The van der Waals surface area contributed by atoms with Crippen molar-refractivity contribution in [2.45, 2.75) is 238 Å². The average molecular weight is 656 g/mol. The van der Waals surface area contributed by atoms with E-state index in [1.54, 1.807) is 0 Å². The zero-order chi connectivity index (χ0) is 34.1. The number of unbranched alkanes of at least 4 members (excludes halogenated alkanes) is 25. The summed E-state index contributed by atoms with van der Waals surface area (Å²) in [5.74, 6) is 0.208. The van der Waals surface area contributed by atoms with Gasteiger partial charge in [0, 0.05) is 0 Å². The van der Waals surface area contributed by atoms with Crippen molar-refractivity contribution in [3.05, 3.63) is 0 Å². The first-order valence-electron chi connectivity index (χ1n) is 20.3. The van der Waals surface area contributed by atoms with E-state index in [2.05, 4.69) is 26.1 Å². The van der Waals surface area contributed by atoms with E-state index in [9.17, 15) is 25.2 Å². The van der Waals surface area contributed by atoms with Gasteiger partial charge in [0.25, 0.3) is 0 Å². The third-order valence-electron chi connectivity index (χ3n) is 9.75. The van der Waals surface area contributed by atoms with Crippen LogP contribution < -0.4 is 5.32 Å². The lowest BCUT2D eigenvalue weighted by molar-refractivity contribution is -0.132. The molecule has 0 aromatic rings. The Morgan fingerprint density at radius 3 is 1.17 bits per heavy atom. The molecule has 4 unspecified atom stereocenters. The molecule has 0 saturated heterocycles. The molecular weight excluding hydrogens is 574 g/mol. The van der Waals surface area contributed by atoms with Crippen molar-refractivity contribution < 1.29 is 25.2 Å². The highest BCUT2D eigenvalue weighted by atomic mass is 16.3. The maximum absolute atomic E-state index is 12.5. The van der Waals surface area contributed by atoms with E-state index >= 15 is 0 Å². The zero-order valence-electron chi connectivity index (χ0n) is 31.0. The van der Waals surface area contributed by atoms with Crippen molar-refractivity contribution in [3.8, 4) is 0 Å². The van der Waals surface area contributed by atoms with Crippen LogP contribution in [0.3, 0.4) is 0 Å². The fraction of sp³-hybridized carbons (Fsp3) is 0.975. The van der Waals surface area contributed by atoms with Gasteiger partial charge in [-0.25, -0.2) is 0 Å². The second-order valence-electron chi connectivity index (χ2n) is 14.8. The van der Waals surface area contributed by atoms with Gasteiger partial charge in [-0.05, 0) is 18.8 Å². The molecule has 0 fully saturated rings. The summed E-state index contributed by atoms with van der Waals surface area (Å²) in [7, 11) is 0. The molecule has 0 radical (unpaired) electrons. The zero-order valence-corrected chi connectivity index (χ0v) is 31.0. The van der Waals surface area contributed by atoms with Crippen molar-refractivity contribution >= 4 is 5.91 Å². The SMILES string of the molecule is CCCCCCCCCCCCCCCCCCCCCC(O)C(=O)NC(CO)C(O)C(O)CCCCCCCCCCC(C)C. The molecule has 0 aliphatic carbocycles. The van der Waals surface area contributed by atoms with E-state index in [1.165, 1.54) is 141 Å². The van der Waals surface area contributed by atoms with E-state index in [0.717, 1.165) is 44.4 Å². The molecule has 0 aliphatic heterocycles. The predicted molar refractivity (Wildman–Crippen MR) is 196 cm³/mol. The van der Waals surface area contributed by atoms with Gasteiger partial charge >= 0.3 is 0 Å². The molecule has 0 bridgehead atoms. The molecule has 0 aromatic heterocycles. The number of rotatable bonds is 36. The van der Waals surface area contributed by atoms with Crippen LogP contribution in [0.25, 0.3) is 0 Å². The Morgan fingerprint density at radius 2 is 0.826 bits per heavy atom. The smallest absolute Gasteiger partial charge is 0.249 e. The minimum atomic E-state index is -1.25. The van der Waals surface area contributed by atoms with Crippen LogP contribution in [0.4, 0.5) is 0 Å². The number of hydrogen-bond acceptors (Lipinski definition) is 5. The van der Waals surface area contributed by atoms with Gasteiger partial charge < -0.3 is 25.7 Å². The number of hydrogen-bond donors (Lipinski definition) is 5. The van der Waals surface area contributed by atoms with Gasteiger partial charge in [0.1, 0.15) is 12.2 Å². The summed E-state index contributed by atoms with van der Waals surface area (Å²) in [5, 5.41) is 43.5. The topological polar surface area (TPSA) is 110 Å². The molecular formula is C40H81NO5. The first-order chi connectivity index (χ1) is 22.3. The summed E-state index contributed by atoms with van der Waals surface area (Å²) in [4.78, 5) is 12.5. The number of aliphatic hydroxyl groups excluding tert-OH is 4. The van der Waals surface area contributed by atoms with Gasteiger partial charge in [-0.2, -0.15) is 0 Å². The summed E-state index contributed by atoms with van der Waals surface area (Å²) in [6.07, 6.45) is 32.8. The van der Waals surface area contributed by atoms with E-state index in [-0.39, 0.29) is 0 Å². The Labute approximate surface area is 286 Å². The highest BCUT2D eigenvalue weighted by Gasteiger charge is 2.28. The van der Waals surface area contributed by atoms with Crippen LogP contribution in [0.15, 0.2) is 0 Å². The molecule has 0 heterocycles. The molecule has 5 N–H and O–H groups in total. The summed E-state index contributed by atoms with van der Waals surface area (Å²) in [6.45, 7) is 6.34. The largest absolute Gasteiger partial charge is 0.394 e. The fourth-order valence-corrected chi connectivity index (χ4v) is 6.47. The van der Waals surface area contributed by atoms with Crippen molar-refractivity contribution in [2.75, 3.05) is 6.61 Å². The van der Waals surface area contributed by atoms with E-state index in [4.69, 9.17) is 0 Å². The number of amides is 1. The Hall–Kier alpha value is -0.690. The Balaban J connectivity index is 3.71. The van der Waals surface area contributed by atoms with Crippen LogP contribution in [-0.4, -0.2) is 57.3 Å². The molecule has 0 saturated carbocycles. The number of nitrogens with one attached hydrogen (secondary N) is 1. The molecule has 6 nitrogen and oxygen atoms in total. The Morgan fingerprint density at radius 1 is 0.500 bits per heavy atom. The van der Waals surface area contributed by atoms with Crippen LogP contribution in [0.2, 0.25) is 0 Å². The minimum absolute atomic E-state index is 0.374. The summed E-state index contributed by atoms with van der Waals surface area (Å²) >= 11 is 0. The molecule has 46 heavy (non-hydrogen) atoms. The molecule has 276 valence electrons. The lowest BCUT2D eigenvalue weighted by Crippen LogP contribution is -2.53. The normalized spacial score (nSPS) is 14.4. The van der Waals surface area contributed by atoms with Crippen molar-refractivity contribution in [1.82, 2.24) is 5.32 Å². The molecule has 1 amide bonds. The molecule has 0 aliphatic rings. The molecule has 0 spiro atoms. The van der Waals surface area contributed by atoms with Crippen molar-refractivity contribution in [2.24, 2.45) is 5.92 Å². The fourth-order valence-electron chi connectivity index (χ4n) is 6.47. The van der Waals surface area contributed by atoms with Crippen LogP contribution in [0.5, 0.6) is 0 Å². The predicted octanol–water partition coefficient (Wildman–Crippen LogP) is 9.93. The minimum Gasteiger partial charge on any atom is -0.394 e. The van der Waals surface area contributed by atoms with Crippen LogP contribution in [-0.2, 0) is 4.79 Å². The van der Waals surface area contributed by atoms with E-state index in [1.807, 2.05) is 0 Å². The Kier molecular flexibility index (Phi) is 33.7. The highest BCUT2D eigenvalue weighted by Crippen LogP contribution is 2.17. The molecule has 4 atom stereocenters. The van der Waals surface area contributed by atoms with Crippen molar-refractivity contribution in [3.63, 3.8) is 0 Å². The molecule has 6 heteroatoms. The Bertz CT molecular complexity index is 631. The van der Waals surface area contributed by atoms with E-state index < -0.39 is 36.9 Å². The second-order valence-corrected chi connectivity index (χ2v) is 14.8. The monoisotopic (exact) mass is 656 g/mol. The third-order valence-corrected chi connectivity index (χ3v) is 9.75. The molecule has 0 aromatic carbocycles. The van der Waals surface area contributed by atoms with Gasteiger partial charge in [0.2, 0.25) is 5.91 Å². The van der Waals surface area contributed by atoms with Gasteiger partial charge in [0.05, 0.1) is 18.8 Å². The van der Waals surface area contributed by atoms with Gasteiger partial charge in [-0.1, -0.05) is 201 Å². The van der Waals surface area contributed by atoms with Crippen LogP contribution >= 0.6 is 0 Å². The standard InChI is InChI=1S/C40H81NO5/c1-4-5-6-7-8-9-10-11-12-13-14-15-16-17-18-19-24-27-30-33-38(44)40(46)41-36(34-42)39(45)37(43)32-29-26-23-21-20-22-25-28-31-35(2)3/h35-39,42-45H,4-34H2,1-3H3,(H,41,46). The quantitative estimate of drug-likeness (QED) is 0.0432. The first-order valence-corrected chi connectivity index (χ1v) is 20.3. The second kappa shape index (κ2) is 34.2. The number of aliphatic hydroxyl groups is 4. The average Bonchev–Trinajstić information content (AvgIpc) is 3.04. The van der Waals surface area contributed by atoms with Crippen molar-refractivity contribution in [1.29, 1.82) is 0 Å². The lowest BCUT2D eigenvalue weighted by Gasteiger charge is -2.27. The lowest BCUT2D eigenvalue weighted by atomic mass is 9.99. The maximum Gasteiger partial charge on any atom is 0.249 e. The maximum atomic E-state index is 12.5. The van der Waals surface area contributed by atoms with E-state index in [0.29, 0.717) is 12.8 Å². The number of carbonyl (C=O) groups excluding carboxylic acids is 1.